The zero-order valence-corrected chi connectivity index (χ0v) is 14.1. The lowest BCUT2D eigenvalue weighted by atomic mass is 10.2. The summed E-state index contributed by atoms with van der Waals surface area (Å²) in [5.41, 5.74) is 1.16. The summed E-state index contributed by atoms with van der Waals surface area (Å²) in [6.07, 6.45) is 2.56. The highest BCUT2D eigenvalue weighted by Gasteiger charge is 2.05. The molecule has 2 aromatic rings. The van der Waals surface area contributed by atoms with Crippen LogP contribution in [0.1, 0.15) is 5.56 Å². The van der Waals surface area contributed by atoms with Crippen LogP contribution in [-0.4, -0.2) is 18.5 Å². The molecule has 1 amide bonds. The molecule has 4 nitrogen and oxygen atoms in total. The fraction of sp³-hybridized carbons (Fsp3) is 0.0588. The van der Waals surface area contributed by atoms with E-state index in [0.29, 0.717) is 11.3 Å². The van der Waals surface area contributed by atoms with E-state index in [0.717, 1.165) is 9.65 Å². The van der Waals surface area contributed by atoms with Gasteiger partial charge in [-0.15, -0.1) is 0 Å². The lowest BCUT2D eigenvalue weighted by Gasteiger charge is -2.05. The second kappa shape index (κ2) is 8.42. The van der Waals surface area contributed by atoms with E-state index in [2.05, 4.69) is 27.9 Å². The van der Waals surface area contributed by atoms with Crippen molar-refractivity contribution in [1.29, 1.82) is 0 Å². The van der Waals surface area contributed by atoms with Crippen molar-refractivity contribution < 1.29 is 18.7 Å². The maximum atomic E-state index is 13.0. The van der Waals surface area contributed by atoms with E-state index in [1.807, 2.05) is 12.1 Å². The second-order valence-electron chi connectivity index (χ2n) is 4.55. The predicted molar refractivity (Wildman–Crippen MR) is 94.2 cm³/mol. The molecule has 0 radical (unpaired) electrons. The maximum Gasteiger partial charge on any atom is 0.331 e. The van der Waals surface area contributed by atoms with E-state index in [1.54, 1.807) is 18.2 Å². The third-order valence-corrected chi connectivity index (χ3v) is 3.45. The van der Waals surface area contributed by atoms with Crippen LogP contribution in [0.3, 0.4) is 0 Å². The Morgan fingerprint density at radius 3 is 2.61 bits per heavy atom. The molecule has 2 rings (SSSR count). The van der Waals surface area contributed by atoms with Crippen LogP contribution in [0.15, 0.2) is 54.6 Å². The van der Waals surface area contributed by atoms with Crippen LogP contribution < -0.4 is 5.32 Å². The summed E-state index contributed by atoms with van der Waals surface area (Å²) in [6.45, 7) is -0.391. The Morgan fingerprint density at radius 2 is 1.91 bits per heavy atom. The highest BCUT2D eigenvalue weighted by molar-refractivity contribution is 14.1. The number of hydrogen-bond acceptors (Lipinski definition) is 3. The van der Waals surface area contributed by atoms with Gasteiger partial charge in [-0.3, -0.25) is 4.79 Å². The number of carbonyl (C=O) groups excluding carboxylic acids is 2. The molecule has 0 fully saturated rings. The Balaban J connectivity index is 1.79. The first-order valence-electron chi connectivity index (χ1n) is 6.69. The van der Waals surface area contributed by atoms with Crippen molar-refractivity contribution in [1.82, 2.24) is 0 Å². The first-order chi connectivity index (χ1) is 11.0. The molecule has 0 aliphatic carbocycles. The third-order valence-electron chi connectivity index (χ3n) is 2.73. The fourth-order valence-corrected chi connectivity index (χ4v) is 2.05. The molecule has 0 bridgehead atoms. The van der Waals surface area contributed by atoms with E-state index in [1.165, 1.54) is 24.3 Å². The summed E-state index contributed by atoms with van der Waals surface area (Å²) in [5, 5.41) is 2.61. The second-order valence-corrected chi connectivity index (χ2v) is 5.80. The lowest BCUT2D eigenvalue weighted by Crippen LogP contribution is -2.20. The number of nitrogens with one attached hydrogen (secondary N) is 1. The monoisotopic (exact) mass is 425 g/mol. The van der Waals surface area contributed by atoms with Gasteiger partial charge < -0.3 is 10.1 Å². The number of hydrogen-bond donors (Lipinski definition) is 1. The van der Waals surface area contributed by atoms with Crippen molar-refractivity contribution in [3.63, 3.8) is 0 Å². The minimum atomic E-state index is -0.674. The highest BCUT2D eigenvalue weighted by atomic mass is 127. The number of halogens is 2. The summed E-state index contributed by atoms with van der Waals surface area (Å²) in [7, 11) is 0. The Kier molecular flexibility index (Phi) is 6.28. The first kappa shape index (κ1) is 17.1. The average Bonchev–Trinajstić information content (AvgIpc) is 2.53. The summed E-state index contributed by atoms with van der Waals surface area (Å²) in [6, 6.07) is 13.0. The third kappa shape index (κ3) is 6.19. The number of esters is 1. The normalized spacial score (nSPS) is 10.5. The van der Waals surface area contributed by atoms with Gasteiger partial charge in [0.05, 0.1) is 0 Å². The van der Waals surface area contributed by atoms with Crippen molar-refractivity contribution in [2.24, 2.45) is 0 Å². The van der Waals surface area contributed by atoms with Crippen LogP contribution >= 0.6 is 22.6 Å². The summed E-state index contributed by atoms with van der Waals surface area (Å²) in [4.78, 5) is 23.2. The molecule has 118 valence electrons. The van der Waals surface area contributed by atoms with Crippen molar-refractivity contribution in [2.45, 2.75) is 0 Å². The van der Waals surface area contributed by atoms with Gasteiger partial charge >= 0.3 is 5.97 Å². The molecule has 1 N–H and O–H groups in total. The van der Waals surface area contributed by atoms with Gasteiger partial charge in [0.1, 0.15) is 5.82 Å². The van der Waals surface area contributed by atoms with Gasteiger partial charge in [0.25, 0.3) is 5.91 Å². The van der Waals surface area contributed by atoms with Crippen molar-refractivity contribution in [3.8, 4) is 0 Å². The molecule has 6 heteroatoms. The topological polar surface area (TPSA) is 55.4 Å². The van der Waals surface area contributed by atoms with Crippen LogP contribution in [-0.2, 0) is 14.3 Å². The molecule has 0 aliphatic rings. The highest BCUT2D eigenvalue weighted by Crippen LogP contribution is 2.11. The Morgan fingerprint density at radius 1 is 1.17 bits per heavy atom. The molecule has 0 aliphatic heterocycles. The molecule has 2 aromatic carbocycles. The van der Waals surface area contributed by atoms with Gasteiger partial charge in [-0.2, -0.15) is 0 Å². The SMILES string of the molecule is O=C(COC(=O)/C=C/c1cccc(F)c1)Nc1ccc(I)cc1. The van der Waals surface area contributed by atoms with E-state index >= 15 is 0 Å². The predicted octanol–water partition coefficient (Wildman–Crippen LogP) is 3.63. The van der Waals surface area contributed by atoms with Crippen molar-refractivity contribution >= 4 is 46.2 Å². The van der Waals surface area contributed by atoms with E-state index in [-0.39, 0.29) is 0 Å². The Hall–Kier alpha value is -2.22. The molecule has 0 aromatic heterocycles. The van der Waals surface area contributed by atoms with Gasteiger partial charge in [-0.05, 0) is 70.6 Å². The van der Waals surface area contributed by atoms with Crippen LogP contribution in [0, 0.1) is 9.39 Å². The van der Waals surface area contributed by atoms with Crippen LogP contribution in [0.2, 0.25) is 0 Å². The Bertz CT molecular complexity index is 729. The largest absolute Gasteiger partial charge is 0.452 e. The molecule has 0 atom stereocenters. The zero-order valence-electron chi connectivity index (χ0n) is 12.0. The molecular weight excluding hydrogens is 412 g/mol. The van der Waals surface area contributed by atoms with Gasteiger partial charge in [0.15, 0.2) is 6.61 Å². The van der Waals surface area contributed by atoms with E-state index in [4.69, 9.17) is 4.74 Å². The zero-order chi connectivity index (χ0) is 16.7. The minimum Gasteiger partial charge on any atom is -0.452 e. The Labute approximate surface area is 146 Å². The maximum absolute atomic E-state index is 13.0. The quantitative estimate of drug-likeness (QED) is 0.453. The number of amides is 1. The van der Waals surface area contributed by atoms with Crippen LogP contribution in [0.5, 0.6) is 0 Å². The standard InChI is InChI=1S/C17H13FINO3/c18-13-3-1-2-12(10-13)4-9-17(22)23-11-16(21)20-15-7-5-14(19)6-8-15/h1-10H,11H2,(H,20,21)/b9-4+. The minimum absolute atomic E-state index is 0.391. The number of carbonyl (C=O) groups is 2. The fourth-order valence-electron chi connectivity index (χ4n) is 1.69. The number of benzene rings is 2. The van der Waals surface area contributed by atoms with Gasteiger partial charge in [0, 0.05) is 15.3 Å². The number of anilines is 1. The summed E-state index contributed by atoms with van der Waals surface area (Å²) in [5.74, 6) is -1.50. The summed E-state index contributed by atoms with van der Waals surface area (Å²) >= 11 is 2.16. The van der Waals surface area contributed by atoms with E-state index in [9.17, 15) is 14.0 Å². The van der Waals surface area contributed by atoms with Crippen molar-refractivity contribution in [2.75, 3.05) is 11.9 Å². The molecule has 0 spiro atoms. The van der Waals surface area contributed by atoms with Gasteiger partial charge in [-0.25, -0.2) is 9.18 Å². The van der Waals surface area contributed by atoms with Crippen molar-refractivity contribution in [3.05, 3.63) is 69.6 Å². The smallest absolute Gasteiger partial charge is 0.331 e. The molecule has 23 heavy (non-hydrogen) atoms. The first-order valence-corrected chi connectivity index (χ1v) is 7.76. The molecule has 0 saturated carbocycles. The van der Waals surface area contributed by atoms with Gasteiger partial charge in [-0.1, -0.05) is 12.1 Å². The van der Waals surface area contributed by atoms with Crippen LogP contribution in [0.25, 0.3) is 6.08 Å². The molecule has 0 saturated heterocycles. The molecule has 0 heterocycles. The lowest BCUT2D eigenvalue weighted by molar-refractivity contribution is -0.142. The number of rotatable bonds is 5. The molecule has 0 unspecified atom stereocenters. The van der Waals surface area contributed by atoms with E-state index < -0.39 is 24.3 Å². The number of ether oxygens (including phenoxy) is 1. The van der Waals surface area contributed by atoms with Crippen LogP contribution in [0.4, 0.5) is 10.1 Å². The summed E-state index contributed by atoms with van der Waals surface area (Å²) < 4.78 is 18.8. The van der Waals surface area contributed by atoms with Gasteiger partial charge in [0.2, 0.25) is 0 Å². The average molecular weight is 425 g/mol. The molecular formula is C17H13FINO3.